The molecule has 3 amide bonds. The third-order valence-corrected chi connectivity index (χ3v) is 4.74. The van der Waals surface area contributed by atoms with Gasteiger partial charge in [-0.05, 0) is 76.6 Å². The molecule has 0 unspecified atom stereocenters. The number of carbonyl (C=O) groups is 2. The maximum Gasteiger partial charge on any atom is 0.322 e. The zero-order valence-corrected chi connectivity index (χ0v) is 14.7. The van der Waals surface area contributed by atoms with Crippen molar-refractivity contribution < 1.29 is 9.59 Å². The summed E-state index contributed by atoms with van der Waals surface area (Å²) in [6.07, 6.45) is 4.69. The lowest BCUT2D eigenvalue weighted by atomic mass is 10.1. The number of hydrogen-bond acceptors (Lipinski definition) is 2. The largest absolute Gasteiger partial charge is 0.350 e. The highest BCUT2D eigenvalue weighted by Gasteiger charge is 2.41. The highest BCUT2D eigenvalue weighted by atomic mass is 16.2. The van der Waals surface area contributed by atoms with Crippen molar-refractivity contribution >= 4 is 17.6 Å². The normalized spacial score (nSPS) is 18.2. The van der Waals surface area contributed by atoms with E-state index in [9.17, 15) is 9.59 Å². The first-order chi connectivity index (χ1) is 11.5. The van der Waals surface area contributed by atoms with E-state index >= 15 is 0 Å². The van der Waals surface area contributed by atoms with Gasteiger partial charge in [0.2, 0.25) is 0 Å². The lowest BCUT2D eigenvalue weighted by Gasteiger charge is -2.29. The van der Waals surface area contributed by atoms with E-state index in [0.29, 0.717) is 23.6 Å². The fraction of sp³-hybridized carbons (Fsp3) is 0.579. The number of nitrogens with one attached hydrogen (secondary N) is 2. The highest BCUT2D eigenvalue weighted by molar-refractivity contribution is 5.95. The van der Waals surface area contributed by atoms with E-state index in [1.165, 1.54) is 12.8 Å². The first kappa shape index (κ1) is 16.8. The second-order valence-corrected chi connectivity index (χ2v) is 7.35. The molecule has 0 aromatic heterocycles. The predicted molar refractivity (Wildman–Crippen MR) is 95.1 cm³/mol. The van der Waals surface area contributed by atoms with E-state index in [-0.39, 0.29) is 18.0 Å². The molecule has 130 valence electrons. The van der Waals surface area contributed by atoms with Gasteiger partial charge in [-0.25, -0.2) is 4.79 Å². The van der Waals surface area contributed by atoms with Crippen LogP contribution in [0.4, 0.5) is 10.5 Å². The van der Waals surface area contributed by atoms with E-state index in [0.717, 1.165) is 18.5 Å². The minimum Gasteiger partial charge on any atom is -0.350 e. The number of anilines is 1. The van der Waals surface area contributed by atoms with Gasteiger partial charge in [0, 0.05) is 29.4 Å². The molecule has 2 N–H and O–H groups in total. The van der Waals surface area contributed by atoms with Gasteiger partial charge in [0.1, 0.15) is 0 Å². The van der Waals surface area contributed by atoms with Gasteiger partial charge in [-0.2, -0.15) is 0 Å². The van der Waals surface area contributed by atoms with Crippen LogP contribution in [0.2, 0.25) is 0 Å². The molecule has 0 saturated heterocycles. The molecule has 0 heterocycles. The summed E-state index contributed by atoms with van der Waals surface area (Å²) < 4.78 is 0. The third-order valence-electron chi connectivity index (χ3n) is 4.74. The Bertz CT molecular complexity index is 604. The summed E-state index contributed by atoms with van der Waals surface area (Å²) in [6, 6.07) is 7.88. The molecule has 1 atom stereocenters. The SMILES string of the molecule is CC(C)NC(=O)c1ccc(NC(=O)N(C2CC2)[C@@H](C)C2CC2)cc1. The van der Waals surface area contributed by atoms with Gasteiger partial charge >= 0.3 is 6.03 Å². The van der Waals surface area contributed by atoms with Crippen molar-refractivity contribution in [3.63, 3.8) is 0 Å². The number of nitrogens with zero attached hydrogens (tertiary/aromatic N) is 1. The van der Waals surface area contributed by atoms with Crippen LogP contribution in [0.3, 0.4) is 0 Å². The summed E-state index contributed by atoms with van der Waals surface area (Å²) in [5, 5.41) is 5.85. The third kappa shape index (κ3) is 4.08. The van der Waals surface area contributed by atoms with Crippen LogP contribution in [-0.2, 0) is 0 Å². The summed E-state index contributed by atoms with van der Waals surface area (Å²) in [5.74, 6) is 0.572. The molecule has 0 aliphatic heterocycles. The Morgan fingerprint density at radius 3 is 2.17 bits per heavy atom. The van der Waals surface area contributed by atoms with E-state index in [1.807, 2.05) is 18.7 Å². The molecule has 5 heteroatoms. The molecule has 0 radical (unpaired) electrons. The average molecular weight is 329 g/mol. The van der Waals surface area contributed by atoms with Crippen LogP contribution in [0.25, 0.3) is 0 Å². The van der Waals surface area contributed by atoms with E-state index in [4.69, 9.17) is 0 Å². The Balaban J connectivity index is 1.62. The van der Waals surface area contributed by atoms with E-state index in [1.54, 1.807) is 24.3 Å². The maximum absolute atomic E-state index is 12.7. The Morgan fingerprint density at radius 1 is 1.04 bits per heavy atom. The van der Waals surface area contributed by atoms with Crippen LogP contribution in [0.15, 0.2) is 24.3 Å². The molecule has 2 saturated carbocycles. The molecular weight excluding hydrogens is 302 g/mol. The quantitative estimate of drug-likeness (QED) is 0.837. The highest BCUT2D eigenvalue weighted by Crippen LogP contribution is 2.39. The van der Waals surface area contributed by atoms with Crippen molar-refractivity contribution in [3.8, 4) is 0 Å². The van der Waals surface area contributed by atoms with Crippen molar-refractivity contribution in [1.29, 1.82) is 0 Å². The zero-order valence-electron chi connectivity index (χ0n) is 14.7. The second-order valence-electron chi connectivity index (χ2n) is 7.35. The average Bonchev–Trinajstić information content (AvgIpc) is 3.39. The lowest BCUT2D eigenvalue weighted by Crippen LogP contribution is -2.44. The maximum atomic E-state index is 12.7. The minimum atomic E-state index is -0.0927. The van der Waals surface area contributed by atoms with Crippen molar-refractivity contribution in [3.05, 3.63) is 29.8 Å². The van der Waals surface area contributed by atoms with Gasteiger partial charge in [0.25, 0.3) is 5.91 Å². The van der Waals surface area contributed by atoms with Crippen LogP contribution >= 0.6 is 0 Å². The lowest BCUT2D eigenvalue weighted by molar-refractivity contribution is 0.0943. The molecule has 2 aliphatic carbocycles. The molecule has 0 spiro atoms. The molecule has 3 rings (SSSR count). The minimum absolute atomic E-state index is 0.0173. The molecule has 1 aromatic rings. The van der Waals surface area contributed by atoms with E-state index in [2.05, 4.69) is 17.6 Å². The van der Waals surface area contributed by atoms with Crippen LogP contribution in [-0.4, -0.2) is 35.0 Å². The summed E-state index contributed by atoms with van der Waals surface area (Å²) in [5.41, 5.74) is 1.34. The van der Waals surface area contributed by atoms with Gasteiger partial charge in [0.15, 0.2) is 0 Å². The van der Waals surface area contributed by atoms with Crippen LogP contribution < -0.4 is 10.6 Å². The van der Waals surface area contributed by atoms with Gasteiger partial charge < -0.3 is 15.5 Å². The van der Waals surface area contributed by atoms with Crippen molar-refractivity contribution in [2.75, 3.05) is 5.32 Å². The van der Waals surface area contributed by atoms with Crippen LogP contribution in [0.1, 0.15) is 56.8 Å². The Labute approximate surface area is 143 Å². The summed E-state index contributed by atoms with van der Waals surface area (Å²) in [7, 11) is 0. The number of rotatable bonds is 6. The second kappa shape index (κ2) is 6.83. The zero-order chi connectivity index (χ0) is 17.3. The molecule has 2 fully saturated rings. The molecule has 2 aliphatic rings. The summed E-state index contributed by atoms with van der Waals surface area (Å²) in [4.78, 5) is 26.7. The fourth-order valence-corrected chi connectivity index (χ4v) is 3.08. The number of benzene rings is 1. The molecule has 5 nitrogen and oxygen atoms in total. The monoisotopic (exact) mass is 329 g/mol. The van der Waals surface area contributed by atoms with E-state index < -0.39 is 0 Å². The van der Waals surface area contributed by atoms with Gasteiger partial charge in [0.05, 0.1) is 0 Å². The standard InChI is InChI=1S/C19H27N3O2/c1-12(2)20-18(23)15-6-8-16(9-7-15)21-19(24)22(17-10-11-17)13(3)14-4-5-14/h6-9,12-14,17H,4-5,10-11H2,1-3H3,(H,20,23)(H,21,24)/t13-/m0/s1. The van der Waals surface area contributed by atoms with Gasteiger partial charge in [-0.15, -0.1) is 0 Å². The number of amides is 3. The van der Waals surface area contributed by atoms with Crippen molar-refractivity contribution in [2.24, 2.45) is 5.92 Å². The number of carbonyl (C=O) groups excluding carboxylic acids is 2. The fourth-order valence-electron chi connectivity index (χ4n) is 3.08. The number of hydrogen-bond donors (Lipinski definition) is 2. The molecule has 0 bridgehead atoms. The summed E-state index contributed by atoms with van der Waals surface area (Å²) in [6.45, 7) is 6.02. The Morgan fingerprint density at radius 2 is 1.67 bits per heavy atom. The predicted octanol–water partition coefficient (Wildman–Crippen LogP) is 3.62. The van der Waals surface area contributed by atoms with Gasteiger partial charge in [-0.3, -0.25) is 4.79 Å². The summed E-state index contributed by atoms with van der Waals surface area (Å²) >= 11 is 0. The smallest absolute Gasteiger partial charge is 0.322 e. The topological polar surface area (TPSA) is 61.4 Å². The molecule has 1 aromatic carbocycles. The number of urea groups is 1. The van der Waals surface area contributed by atoms with Crippen molar-refractivity contribution in [2.45, 2.75) is 64.6 Å². The molecule has 24 heavy (non-hydrogen) atoms. The Hall–Kier alpha value is -2.04. The first-order valence-corrected chi connectivity index (χ1v) is 8.96. The van der Waals surface area contributed by atoms with Gasteiger partial charge in [-0.1, -0.05) is 0 Å². The van der Waals surface area contributed by atoms with Crippen LogP contribution in [0.5, 0.6) is 0 Å². The molecular formula is C19H27N3O2. The Kier molecular flexibility index (Phi) is 4.78. The first-order valence-electron chi connectivity index (χ1n) is 8.96. The van der Waals surface area contributed by atoms with Crippen LogP contribution in [0, 0.1) is 5.92 Å². The van der Waals surface area contributed by atoms with Crippen molar-refractivity contribution in [1.82, 2.24) is 10.2 Å².